The third kappa shape index (κ3) is 3.24. The number of rotatable bonds is 4. The number of nitrogens with zero attached hydrogens (tertiary/aromatic N) is 4. The van der Waals surface area contributed by atoms with E-state index in [-0.39, 0.29) is 5.91 Å². The maximum Gasteiger partial charge on any atom is 0.276 e. The highest BCUT2D eigenvalue weighted by atomic mass is 16.1. The molecule has 0 bridgehead atoms. The van der Waals surface area contributed by atoms with Gasteiger partial charge in [0.15, 0.2) is 5.69 Å². The smallest absolute Gasteiger partial charge is 0.276 e. The Bertz CT molecular complexity index is 1350. The van der Waals surface area contributed by atoms with E-state index in [1.165, 1.54) is 0 Å². The Morgan fingerprint density at radius 2 is 1.70 bits per heavy atom. The first-order valence-electron chi connectivity index (χ1n) is 9.63. The van der Waals surface area contributed by atoms with Gasteiger partial charge in [-0.1, -0.05) is 24.3 Å². The van der Waals surface area contributed by atoms with Crippen molar-refractivity contribution in [1.82, 2.24) is 19.2 Å². The van der Waals surface area contributed by atoms with E-state index >= 15 is 0 Å². The van der Waals surface area contributed by atoms with Crippen molar-refractivity contribution in [2.45, 2.75) is 6.92 Å². The largest absolute Gasteiger partial charge is 0.320 e. The second-order valence-corrected chi connectivity index (χ2v) is 7.05. The summed E-state index contributed by atoms with van der Waals surface area (Å²) in [4.78, 5) is 16.7. The van der Waals surface area contributed by atoms with Crippen molar-refractivity contribution < 1.29 is 4.79 Å². The van der Waals surface area contributed by atoms with Crippen LogP contribution in [0.3, 0.4) is 0 Å². The number of benzene rings is 1. The Morgan fingerprint density at radius 1 is 0.900 bits per heavy atom. The Hall–Kier alpha value is -4.19. The fourth-order valence-electron chi connectivity index (χ4n) is 3.46. The molecular weight excluding hydrogens is 374 g/mol. The zero-order chi connectivity index (χ0) is 20.5. The summed E-state index contributed by atoms with van der Waals surface area (Å²) in [6.45, 7) is 1.96. The molecule has 0 spiro atoms. The summed E-state index contributed by atoms with van der Waals surface area (Å²) < 4.78 is 3.78. The number of carbonyl (C=O) groups is 1. The lowest BCUT2D eigenvalue weighted by Crippen LogP contribution is -2.14. The summed E-state index contributed by atoms with van der Waals surface area (Å²) in [5.74, 6) is 0.622. The van der Waals surface area contributed by atoms with Crippen LogP contribution in [0.25, 0.3) is 22.5 Å². The van der Waals surface area contributed by atoms with E-state index in [0.29, 0.717) is 5.69 Å². The molecule has 0 aliphatic heterocycles. The fraction of sp³-hybridized carbons (Fsp3) is 0.0417. The highest BCUT2D eigenvalue weighted by Gasteiger charge is 2.13. The number of carbonyl (C=O) groups excluding carboxylic acids is 1. The van der Waals surface area contributed by atoms with Crippen LogP contribution in [0.5, 0.6) is 0 Å². The van der Waals surface area contributed by atoms with Gasteiger partial charge in [-0.05, 0) is 66.1 Å². The van der Waals surface area contributed by atoms with Crippen LogP contribution < -0.4 is 5.32 Å². The van der Waals surface area contributed by atoms with Crippen molar-refractivity contribution in [1.29, 1.82) is 0 Å². The number of nitrogens with one attached hydrogen (secondary N) is 1. The van der Waals surface area contributed by atoms with E-state index in [2.05, 4.69) is 38.1 Å². The minimum absolute atomic E-state index is 0.235. The molecule has 0 unspecified atom stereocenters. The average Bonchev–Trinajstić information content (AvgIpc) is 3.42. The lowest BCUT2D eigenvalue weighted by molar-refractivity contribution is 0.102. The molecule has 5 rings (SSSR count). The normalized spacial score (nSPS) is 11.0. The zero-order valence-electron chi connectivity index (χ0n) is 16.4. The molecule has 0 aliphatic carbocycles. The van der Waals surface area contributed by atoms with Crippen LogP contribution in [-0.2, 0) is 0 Å². The molecule has 0 radical (unpaired) electrons. The minimum Gasteiger partial charge on any atom is -0.320 e. The van der Waals surface area contributed by atoms with E-state index in [1.54, 1.807) is 29.3 Å². The van der Waals surface area contributed by atoms with Gasteiger partial charge >= 0.3 is 0 Å². The van der Waals surface area contributed by atoms with Crippen molar-refractivity contribution in [3.63, 3.8) is 0 Å². The summed E-state index contributed by atoms with van der Waals surface area (Å²) in [5, 5.41) is 7.43. The lowest BCUT2D eigenvalue weighted by Gasteiger charge is -2.07. The Kier molecular flexibility index (Phi) is 4.37. The van der Waals surface area contributed by atoms with Crippen LogP contribution in [0.1, 0.15) is 16.1 Å². The Morgan fingerprint density at radius 3 is 2.53 bits per heavy atom. The molecular formula is C24H19N5O. The number of hydrogen-bond donors (Lipinski definition) is 1. The van der Waals surface area contributed by atoms with Crippen molar-refractivity contribution >= 4 is 17.1 Å². The summed E-state index contributed by atoms with van der Waals surface area (Å²) in [6, 6.07) is 21.5. The third-order valence-electron chi connectivity index (χ3n) is 5.09. The standard InChI is InChI=1S/C24H19N5O/c1-17-4-2-3-5-21(17)26-24(30)22-12-15-29(27-22)23-9-8-20-7-6-19(16-28(20)23)18-10-13-25-14-11-18/h2-16H,1H3,(H,26,30). The van der Waals surface area contributed by atoms with Crippen LogP contribution in [-0.4, -0.2) is 25.1 Å². The van der Waals surface area contributed by atoms with E-state index < -0.39 is 0 Å². The number of fused-ring (bicyclic) bond motifs is 1. The van der Waals surface area contributed by atoms with Crippen molar-refractivity contribution in [3.05, 3.63) is 103 Å². The van der Waals surface area contributed by atoms with E-state index in [1.807, 2.05) is 55.5 Å². The topological polar surface area (TPSA) is 64.2 Å². The molecule has 1 aromatic carbocycles. The predicted molar refractivity (Wildman–Crippen MR) is 117 cm³/mol. The molecule has 0 saturated carbocycles. The van der Waals surface area contributed by atoms with Gasteiger partial charge in [0.2, 0.25) is 0 Å². The molecule has 6 heteroatoms. The Balaban J connectivity index is 1.47. The van der Waals surface area contributed by atoms with Gasteiger partial charge in [0.05, 0.1) is 0 Å². The first kappa shape index (κ1) is 17.9. The second-order valence-electron chi connectivity index (χ2n) is 7.05. The number of anilines is 1. The third-order valence-corrected chi connectivity index (χ3v) is 5.09. The molecule has 1 N–H and O–H groups in total. The van der Waals surface area contributed by atoms with Gasteiger partial charge in [0.1, 0.15) is 5.82 Å². The molecule has 1 amide bonds. The summed E-state index contributed by atoms with van der Waals surface area (Å²) >= 11 is 0. The van der Waals surface area contributed by atoms with Crippen molar-refractivity contribution in [2.75, 3.05) is 5.32 Å². The Labute approximate surface area is 173 Å². The van der Waals surface area contributed by atoms with E-state index in [9.17, 15) is 4.79 Å². The number of para-hydroxylation sites is 1. The van der Waals surface area contributed by atoms with Gasteiger partial charge in [0.25, 0.3) is 5.91 Å². The van der Waals surface area contributed by atoms with Crippen LogP contribution in [0.4, 0.5) is 5.69 Å². The highest BCUT2D eigenvalue weighted by Crippen LogP contribution is 2.22. The summed E-state index contributed by atoms with van der Waals surface area (Å²) in [6.07, 6.45) is 7.42. The summed E-state index contributed by atoms with van der Waals surface area (Å²) in [7, 11) is 0. The van der Waals surface area contributed by atoms with Crippen molar-refractivity contribution in [2.24, 2.45) is 0 Å². The van der Waals surface area contributed by atoms with Gasteiger partial charge in [0, 0.05) is 36.0 Å². The SMILES string of the molecule is Cc1ccccc1NC(=O)c1ccn(-c2ccc3ccc(-c4ccncc4)cn23)n1. The van der Waals surface area contributed by atoms with Gasteiger partial charge in [-0.3, -0.25) is 9.78 Å². The number of aryl methyl sites for hydroxylation is 1. The second kappa shape index (κ2) is 7.33. The number of amides is 1. The van der Waals surface area contributed by atoms with Gasteiger partial charge in [-0.25, -0.2) is 4.68 Å². The quantitative estimate of drug-likeness (QED) is 0.479. The van der Waals surface area contributed by atoms with E-state index in [4.69, 9.17) is 0 Å². The predicted octanol–water partition coefficient (Wildman–Crippen LogP) is 4.75. The van der Waals surface area contributed by atoms with Crippen LogP contribution >= 0.6 is 0 Å². The number of hydrogen-bond acceptors (Lipinski definition) is 3. The molecule has 4 heterocycles. The minimum atomic E-state index is -0.235. The molecule has 4 aromatic heterocycles. The lowest BCUT2D eigenvalue weighted by atomic mass is 10.1. The van der Waals surface area contributed by atoms with Gasteiger partial charge in [-0.2, -0.15) is 5.10 Å². The highest BCUT2D eigenvalue weighted by molar-refractivity contribution is 6.03. The molecule has 6 nitrogen and oxygen atoms in total. The van der Waals surface area contributed by atoms with Gasteiger partial charge in [-0.15, -0.1) is 0 Å². The summed E-state index contributed by atoms with van der Waals surface area (Å²) in [5.41, 5.74) is 5.36. The molecule has 146 valence electrons. The molecule has 5 aromatic rings. The number of pyridine rings is 2. The maximum atomic E-state index is 12.7. The number of aromatic nitrogens is 4. The van der Waals surface area contributed by atoms with E-state index in [0.717, 1.165) is 33.7 Å². The molecule has 0 atom stereocenters. The zero-order valence-corrected chi connectivity index (χ0v) is 16.4. The molecule has 0 aliphatic rings. The average molecular weight is 393 g/mol. The fourth-order valence-corrected chi connectivity index (χ4v) is 3.46. The van der Waals surface area contributed by atoms with Crippen LogP contribution in [0, 0.1) is 6.92 Å². The first-order valence-corrected chi connectivity index (χ1v) is 9.63. The van der Waals surface area contributed by atoms with Crippen LogP contribution in [0.2, 0.25) is 0 Å². The first-order chi connectivity index (χ1) is 14.7. The van der Waals surface area contributed by atoms with Crippen molar-refractivity contribution in [3.8, 4) is 16.9 Å². The molecule has 0 saturated heterocycles. The molecule has 30 heavy (non-hydrogen) atoms. The monoisotopic (exact) mass is 393 g/mol. The van der Waals surface area contributed by atoms with Crippen LogP contribution in [0.15, 0.2) is 91.5 Å². The molecule has 0 fully saturated rings. The van der Waals surface area contributed by atoms with Gasteiger partial charge < -0.3 is 9.72 Å². The maximum absolute atomic E-state index is 12.7.